The van der Waals surface area contributed by atoms with Crippen molar-refractivity contribution in [3.8, 4) is 0 Å². The average molecular weight is 234 g/mol. The van der Waals surface area contributed by atoms with E-state index in [1.165, 1.54) is 4.88 Å². The lowest BCUT2D eigenvalue weighted by molar-refractivity contribution is -0.131. The standard InChI is InChI=1S/C11H10N2O2S/c14-11(15)2-1-9-5-10(16-7-9)6-13-4-3-12-8-13/h1-5,7-8H,6H2,(H,14,15). The lowest BCUT2D eigenvalue weighted by Gasteiger charge is -1.96. The first kappa shape index (κ1) is 10.6. The fourth-order valence-corrected chi connectivity index (χ4v) is 2.16. The molecule has 0 saturated heterocycles. The van der Waals surface area contributed by atoms with Gasteiger partial charge in [0.2, 0.25) is 0 Å². The van der Waals surface area contributed by atoms with E-state index in [9.17, 15) is 4.79 Å². The van der Waals surface area contributed by atoms with Crippen LogP contribution in [0.2, 0.25) is 0 Å². The molecule has 1 N–H and O–H groups in total. The monoisotopic (exact) mass is 234 g/mol. The van der Waals surface area contributed by atoms with Crippen LogP contribution >= 0.6 is 11.3 Å². The molecule has 2 heterocycles. The molecule has 0 amide bonds. The first-order chi connectivity index (χ1) is 7.74. The quantitative estimate of drug-likeness (QED) is 0.824. The van der Waals surface area contributed by atoms with Crippen LogP contribution in [-0.2, 0) is 11.3 Å². The van der Waals surface area contributed by atoms with Crippen molar-refractivity contribution in [3.05, 3.63) is 46.7 Å². The van der Waals surface area contributed by atoms with E-state index in [2.05, 4.69) is 4.98 Å². The predicted octanol–water partition coefficient (Wildman–Crippen LogP) is 2.09. The molecular formula is C11H10N2O2S. The number of hydrogen-bond donors (Lipinski definition) is 1. The van der Waals surface area contributed by atoms with E-state index in [1.54, 1.807) is 29.9 Å². The van der Waals surface area contributed by atoms with Gasteiger partial charge in [0.25, 0.3) is 0 Å². The molecule has 0 aliphatic heterocycles. The normalized spacial score (nSPS) is 11.0. The van der Waals surface area contributed by atoms with Crippen molar-refractivity contribution in [1.82, 2.24) is 9.55 Å². The Hall–Kier alpha value is -1.88. The molecule has 0 aromatic carbocycles. The molecule has 0 fully saturated rings. The molecular weight excluding hydrogens is 224 g/mol. The van der Waals surface area contributed by atoms with Crippen LogP contribution in [0.1, 0.15) is 10.4 Å². The zero-order chi connectivity index (χ0) is 11.4. The van der Waals surface area contributed by atoms with Gasteiger partial charge in [-0.05, 0) is 23.1 Å². The van der Waals surface area contributed by atoms with Crippen LogP contribution in [0.15, 0.2) is 36.2 Å². The van der Waals surface area contributed by atoms with E-state index in [0.29, 0.717) is 0 Å². The molecule has 0 aliphatic carbocycles. The highest BCUT2D eigenvalue weighted by atomic mass is 32.1. The van der Waals surface area contributed by atoms with Crippen molar-refractivity contribution in [3.63, 3.8) is 0 Å². The van der Waals surface area contributed by atoms with E-state index in [4.69, 9.17) is 5.11 Å². The minimum absolute atomic E-state index is 0.769. The highest BCUT2D eigenvalue weighted by molar-refractivity contribution is 7.10. The van der Waals surface area contributed by atoms with Gasteiger partial charge in [0, 0.05) is 23.3 Å². The van der Waals surface area contributed by atoms with Crippen LogP contribution in [-0.4, -0.2) is 20.6 Å². The Bertz CT molecular complexity index is 500. The van der Waals surface area contributed by atoms with Gasteiger partial charge in [-0.25, -0.2) is 9.78 Å². The first-order valence-corrected chi connectivity index (χ1v) is 5.56. The molecule has 82 valence electrons. The number of imidazole rings is 1. The van der Waals surface area contributed by atoms with Crippen LogP contribution in [0.25, 0.3) is 6.08 Å². The first-order valence-electron chi connectivity index (χ1n) is 4.68. The second-order valence-electron chi connectivity index (χ2n) is 3.25. The molecule has 0 bridgehead atoms. The molecule has 0 saturated carbocycles. The van der Waals surface area contributed by atoms with Crippen LogP contribution in [0.4, 0.5) is 0 Å². The largest absolute Gasteiger partial charge is 0.478 e. The van der Waals surface area contributed by atoms with E-state index >= 15 is 0 Å². The topological polar surface area (TPSA) is 55.1 Å². The number of carboxylic acid groups (broad SMARTS) is 1. The number of aromatic nitrogens is 2. The fraction of sp³-hybridized carbons (Fsp3) is 0.0909. The molecule has 0 spiro atoms. The Kier molecular flexibility index (Phi) is 3.16. The Morgan fingerprint density at radius 1 is 1.62 bits per heavy atom. The number of hydrogen-bond acceptors (Lipinski definition) is 3. The Morgan fingerprint density at radius 3 is 3.19 bits per heavy atom. The van der Waals surface area contributed by atoms with Crippen LogP contribution in [0, 0.1) is 0 Å². The Labute approximate surface area is 96.5 Å². The van der Waals surface area contributed by atoms with Crippen LogP contribution in [0.3, 0.4) is 0 Å². The zero-order valence-corrected chi connectivity index (χ0v) is 9.22. The predicted molar refractivity (Wildman–Crippen MR) is 62.3 cm³/mol. The minimum atomic E-state index is -0.928. The Morgan fingerprint density at radius 2 is 2.50 bits per heavy atom. The molecule has 0 radical (unpaired) electrons. The van der Waals surface area contributed by atoms with Gasteiger partial charge >= 0.3 is 5.97 Å². The van der Waals surface area contributed by atoms with Gasteiger partial charge in [-0.3, -0.25) is 0 Å². The van der Waals surface area contributed by atoms with E-state index in [0.717, 1.165) is 18.2 Å². The van der Waals surface area contributed by atoms with Gasteiger partial charge in [0.1, 0.15) is 0 Å². The summed E-state index contributed by atoms with van der Waals surface area (Å²) in [4.78, 5) is 15.5. The second-order valence-corrected chi connectivity index (χ2v) is 4.25. The Balaban J connectivity index is 2.05. The van der Waals surface area contributed by atoms with Crippen molar-refractivity contribution in [2.45, 2.75) is 6.54 Å². The summed E-state index contributed by atoms with van der Waals surface area (Å²) in [5.74, 6) is -0.928. The summed E-state index contributed by atoms with van der Waals surface area (Å²) in [6.07, 6.45) is 8.12. The molecule has 16 heavy (non-hydrogen) atoms. The van der Waals surface area contributed by atoms with Crippen molar-refractivity contribution < 1.29 is 9.90 Å². The van der Waals surface area contributed by atoms with Gasteiger partial charge in [-0.2, -0.15) is 0 Å². The summed E-state index contributed by atoms with van der Waals surface area (Å²) in [6, 6.07) is 1.98. The fourth-order valence-electron chi connectivity index (χ4n) is 1.30. The van der Waals surface area contributed by atoms with Gasteiger partial charge in [0.05, 0.1) is 12.9 Å². The third-order valence-electron chi connectivity index (χ3n) is 1.99. The molecule has 0 aliphatic rings. The highest BCUT2D eigenvalue weighted by Gasteiger charge is 1.99. The summed E-state index contributed by atoms with van der Waals surface area (Å²) < 4.78 is 1.97. The number of nitrogens with zero attached hydrogens (tertiary/aromatic N) is 2. The van der Waals surface area contributed by atoms with Crippen molar-refractivity contribution in [2.75, 3.05) is 0 Å². The maximum Gasteiger partial charge on any atom is 0.328 e. The van der Waals surface area contributed by atoms with Gasteiger partial charge < -0.3 is 9.67 Å². The number of aliphatic carboxylic acids is 1. The summed E-state index contributed by atoms with van der Waals surface area (Å²) in [6.45, 7) is 0.769. The third kappa shape index (κ3) is 2.80. The number of thiophene rings is 1. The summed E-state index contributed by atoms with van der Waals surface area (Å²) in [5.41, 5.74) is 0.919. The molecule has 2 aromatic rings. The summed E-state index contributed by atoms with van der Waals surface area (Å²) in [5, 5.41) is 10.4. The molecule has 5 heteroatoms. The summed E-state index contributed by atoms with van der Waals surface area (Å²) in [7, 11) is 0. The lowest BCUT2D eigenvalue weighted by atomic mass is 10.3. The zero-order valence-electron chi connectivity index (χ0n) is 8.41. The third-order valence-corrected chi connectivity index (χ3v) is 2.93. The molecule has 0 atom stereocenters. The number of carboxylic acids is 1. The summed E-state index contributed by atoms with van der Waals surface area (Å²) >= 11 is 1.61. The molecule has 4 nitrogen and oxygen atoms in total. The van der Waals surface area contributed by atoms with Crippen molar-refractivity contribution in [2.24, 2.45) is 0 Å². The average Bonchev–Trinajstić information content (AvgIpc) is 2.87. The second kappa shape index (κ2) is 4.76. The molecule has 0 unspecified atom stereocenters. The molecule has 2 rings (SSSR count). The maximum atomic E-state index is 10.3. The minimum Gasteiger partial charge on any atom is -0.478 e. The number of rotatable bonds is 4. The SMILES string of the molecule is O=C(O)C=Cc1csc(Cn2ccnc2)c1. The van der Waals surface area contributed by atoms with Gasteiger partial charge in [0.15, 0.2) is 0 Å². The van der Waals surface area contributed by atoms with E-state index in [1.807, 2.05) is 22.2 Å². The number of carbonyl (C=O) groups is 1. The highest BCUT2D eigenvalue weighted by Crippen LogP contribution is 2.17. The van der Waals surface area contributed by atoms with Crippen molar-refractivity contribution >= 4 is 23.4 Å². The van der Waals surface area contributed by atoms with Crippen LogP contribution < -0.4 is 0 Å². The maximum absolute atomic E-state index is 10.3. The van der Waals surface area contributed by atoms with E-state index < -0.39 is 5.97 Å². The van der Waals surface area contributed by atoms with Gasteiger partial charge in [-0.15, -0.1) is 11.3 Å². The van der Waals surface area contributed by atoms with E-state index in [-0.39, 0.29) is 0 Å². The van der Waals surface area contributed by atoms with Crippen LogP contribution in [0.5, 0.6) is 0 Å². The molecule has 2 aromatic heterocycles. The van der Waals surface area contributed by atoms with Gasteiger partial charge in [-0.1, -0.05) is 0 Å². The smallest absolute Gasteiger partial charge is 0.328 e. The van der Waals surface area contributed by atoms with Crippen molar-refractivity contribution in [1.29, 1.82) is 0 Å². The lowest BCUT2D eigenvalue weighted by Crippen LogP contribution is -1.92.